The Morgan fingerprint density at radius 2 is 2.19 bits per heavy atom. The molecule has 1 heterocycles. The third-order valence-corrected chi connectivity index (χ3v) is 3.60. The Morgan fingerprint density at radius 3 is 2.90 bits per heavy atom. The van der Waals surface area contributed by atoms with Crippen molar-refractivity contribution < 1.29 is 14.6 Å². The van der Waals surface area contributed by atoms with Crippen LogP contribution in [0.25, 0.3) is 0 Å². The van der Waals surface area contributed by atoms with Crippen LogP contribution in [0.5, 0.6) is 5.75 Å². The third-order valence-electron chi connectivity index (χ3n) is 3.60. The number of nitrogens with zero attached hydrogens (tertiary/aromatic N) is 1. The molecule has 118 valence electrons. The molecule has 5 heteroatoms. The fraction of sp³-hybridized carbons (Fsp3) is 0.625. The van der Waals surface area contributed by atoms with Gasteiger partial charge >= 0.3 is 0 Å². The Hall–Kier alpha value is -1.14. The first-order valence-electron chi connectivity index (χ1n) is 7.45. The van der Waals surface area contributed by atoms with Crippen LogP contribution in [0.4, 0.5) is 0 Å². The van der Waals surface area contributed by atoms with E-state index in [9.17, 15) is 5.11 Å². The smallest absolute Gasteiger partial charge is 0.123 e. The maximum atomic E-state index is 10.2. The molecule has 1 aromatic rings. The maximum Gasteiger partial charge on any atom is 0.123 e. The van der Waals surface area contributed by atoms with Crippen LogP contribution in [0.15, 0.2) is 24.3 Å². The van der Waals surface area contributed by atoms with Crippen LogP contribution in [0, 0.1) is 0 Å². The summed E-state index contributed by atoms with van der Waals surface area (Å²) in [5.74, 6) is 0.751. The quantitative estimate of drug-likeness (QED) is 0.819. The summed E-state index contributed by atoms with van der Waals surface area (Å²) in [5.41, 5.74) is 6.48. The zero-order valence-corrected chi connectivity index (χ0v) is 12.9. The second-order valence-corrected chi connectivity index (χ2v) is 6.12. The van der Waals surface area contributed by atoms with Crippen LogP contribution >= 0.6 is 0 Å². The molecular formula is C16H26N2O3. The number of benzene rings is 1. The number of β-amino-alcohol motifs (C(OH)–C–C–N with tert-alkyl or cyclic N) is 1. The van der Waals surface area contributed by atoms with Crippen LogP contribution in [-0.2, 0) is 11.3 Å². The van der Waals surface area contributed by atoms with Crippen molar-refractivity contribution in [3.8, 4) is 5.75 Å². The molecule has 1 aliphatic heterocycles. The molecule has 2 rings (SSSR count). The average Bonchev–Trinajstić information content (AvgIpc) is 2.44. The molecule has 3 N–H and O–H groups in total. The number of ether oxygens (including phenoxy) is 2. The minimum Gasteiger partial charge on any atom is -0.491 e. The second-order valence-electron chi connectivity index (χ2n) is 6.12. The summed E-state index contributed by atoms with van der Waals surface area (Å²) in [5, 5.41) is 10.2. The molecule has 0 aliphatic carbocycles. The molecular weight excluding hydrogens is 268 g/mol. The zero-order valence-electron chi connectivity index (χ0n) is 12.9. The van der Waals surface area contributed by atoms with Crippen LogP contribution in [-0.4, -0.2) is 54.6 Å². The van der Waals surface area contributed by atoms with Crippen molar-refractivity contribution in [1.29, 1.82) is 0 Å². The van der Waals surface area contributed by atoms with Gasteiger partial charge in [-0.3, -0.25) is 4.90 Å². The summed E-state index contributed by atoms with van der Waals surface area (Å²) in [6.45, 7) is 7.81. The van der Waals surface area contributed by atoms with Crippen molar-refractivity contribution in [3.05, 3.63) is 29.8 Å². The number of nitrogens with two attached hydrogens (primary N) is 1. The maximum absolute atomic E-state index is 10.2. The molecule has 5 nitrogen and oxygen atoms in total. The van der Waals surface area contributed by atoms with Gasteiger partial charge in [-0.25, -0.2) is 0 Å². The number of hydrogen-bond acceptors (Lipinski definition) is 5. The van der Waals surface area contributed by atoms with Gasteiger partial charge in [0.1, 0.15) is 18.5 Å². The van der Waals surface area contributed by atoms with Gasteiger partial charge in [0.2, 0.25) is 0 Å². The first-order valence-corrected chi connectivity index (χ1v) is 7.45. The standard InChI is InChI=1S/C16H26N2O3/c1-16(2)12-18(7-8-21-16)10-14(19)11-20-15-6-4-3-5-13(15)9-17/h3-6,14,19H,7-12,17H2,1-2H3. The lowest BCUT2D eigenvalue weighted by Crippen LogP contribution is -2.50. The first-order chi connectivity index (χ1) is 10.00. The van der Waals surface area contributed by atoms with E-state index in [0.717, 1.165) is 24.4 Å². The van der Waals surface area contributed by atoms with Crippen molar-refractivity contribution >= 4 is 0 Å². The Balaban J connectivity index is 1.80. The number of rotatable bonds is 6. The highest BCUT2D eigenvalue weighted by Crippen LogP contribution is 2.18. The third kappa shape index (κ3) is 4.97. The normalized spacial score (nSPS) is 20.2. The number of para-hydroxylation sites is 1. The van der Waals surface area contributed by atoms with Gasteiger partial charge in [-0.05, 0) is 19.9 Å². The molecule has 0 radical (unpaired) electrons. The molecule has 0 spiro atoms. The fourth-order valence-electron chi connectivity index (χ4n) is 2.62. The van der Waals surface area contributed by atoms with Crippen molar-refractivity contribution in [1.82, 2.24) is 4.90 Å². The minimum absolute atomic E-state index is 0.148. The van der Waals surface area contributed by atoms with Gasteiger partial charge in [0, 0.05) is 31.7 Å². The van der Waals surface area contributed by atoms with Crippen molar-refractivity contribution in [2.24, 2.45) is 5.73 Å². The zero-order chi connectivity index (χ0) is 15.3. The van der Waals surface area contributed by atoms with E-state index in [1.807, 2.05) is 24.3 Å². The summed E-state index contributed by atoms with van der Waals surface area (Å²) >= 11 is 0. The summed E-state index contributed by atoms with van der Waals surface area (Å²) in [6, 6.07) is 7.66. The number of morpholine rings is 1. The molecule has 1 aromatic carbocycles. The van der Waals surface area contributed by atoms with Gasteiger partial charge in [-0.1, -0.05) is 18.2 Å². The van der Waals surface area contributed by atoms with E-state index in [1.165, 1.54) is 0 Å². The highest BCUT2D eigenvalue weighted by atomic mass is 16.5. The molecule has 1 fully saturated rings. The summed E-state index contributed by atoms with van der Waals surface area (Å²) in [6.07, 6.45) is -0.523. The minimum atomic E-state index is -0.523. The molecule has 1 saturated heterocycles. The average molecular weight is 294 g/mol. The van der Waals surface area contributed by atoms with Gasteiger partial charge in [0.25, 0.3) is 0 Å². The number of aliphatic hydroxyl groups is 1. The lowest BCUT2D eigenvalue weighted by atomic mass is 10.1. The van der Waals surface area contributed by atoms with Crippen molar-refractivity contribution in [3.63, 3.8) is 0 Å². The monoisotopic (exact) mass is 294 g/mol. The van der Waals surface area contributed by atoms with Crippen LogP contribution in [0.1, 0.15) is 19.4 Å². The van der Waals surface area contributed by atoms with Gasteiger partial charge in [-0.2, -0.15) is 0 Å². The molecule has 0 bridgehead atoms. The van der Waals surface area contributed by atoms with Gasteiger partial charge in [0.15, 0.2) is 0 Å². The van der Waals surface area contributed by atoms with Gasteiger partial charge < -0.3 is 20.3 Å². The number of hydrogen-bond donors (Lipinski definition) is 2. The highest BCUT2D eigenvalue weighted by molar-refractivity contribution is 5.32. The SMILES string of the molecule is CC1(C)CN(CC(O)COc2ccccc2CN)CCO1. The molecule has 0 saturated carbocycles. The van der Waals surface area contributed by atoms with E-state index in [1.54, 1.807) is 0 Å². The van der Waals surface area contributed by atoms with Gasteiger partial charge in [-0.15, -0.1) is 0 Å². The van der Waals surface area contributed by atoms with E-state index in [2.05, 4.69) is 18.7 Å². The molecule has 0 amide bonds. The predicted octanol–water partition coefficient (Wildman–Crippen LogP) is 0.996. The molecule has 0 aromatic heterocycles. The molecule has 1 aliphatic rings. The van der Waals surface area contributed by atoms with Crippen LogP contribution in [0.2, 0.25) is 0 Å². The topological polar surface area (TPSA) is 68.0 Å². The van der Waals surface area contributed by atoms with E-state index in [4.69, 9.17) is 15.2 Å². The van der Waals surface area contributed by atoms with E-state index in [0.29, 0.717) is 19.7 Å². The fourth-order valence-corrected chi connectivity index (χ4v) is 2.62. The van der Waals surface area contributed by atoms with E-state index < -0.39 is 6.10 Å². The Bertz CT molecular complexity index is 451. The Morgan fingerprint density at radius 1 is 1.43 bits per heavy atom. The predicted molar refractivity (Wildman–Crippen MR) is 82.3 cm³/mol. The van der Waals surface area contributed by atoms with Crippen LogP contribution < -0.4 is 10.5 Å². The van der Waals surface area contributed by atoms with E-state index >= 15 is 0 Å². The number of aliphatic hydroxyl groups excluding tert-OH is 1. The van der Waals surface area contributed by atoms with Gasteiger partial charge in [0.05, 0.1) is 12.2 Å². The highest BCUT2D eigenvalue weighted by Gasteiger charge is 2.28. The largest absolute Gasteiger partial charge is 0.491 e. The van der Waals surface area contributed by atoms with Crippen molar-refractivity contribution in [2.45, 2.75) is 32.1 Å². The summed E-state index contributed by atoms with van der Waals surface area (Å²) in [4.78, 5) is 2.21. The van der Waals surface area contributed by atoms with Crippen molar-refractivity contribution in [2.75, 3.05) is 32.8 Å². The summed E-state index contributed by atoms with van der Waals surface area (Å²) in [7, 11) is 0. The van der Waals surface area contributed by atoms with Crippen LogP contribution in [0.3, 0.4) is 0 Å². The Labute approximate surface area is 126 Å². The second kappa shape index (κ2) is 7.22. The van der Waals surface area contributed by atoms with E-state index in [-0.39, 0.29) is 12.2 Å². The molecule has 1 atom stereocenters. The Kier molecular flexibility index (Phi) is 5.58. The first kappa shape index (κ1) is 16.2. The lowest BCUT2D eigenvalue weighted by molar-refractivity contribution is -0.0947. The lowest BCUT2D eigenvalue weighted by Gasteiger charge is -2.38. The molecule has 1 unspecified atom stereocenters. The summed E-state index contributed by atoms with van der Waals surface area (Å²) < 4.78 is 11.4. The molecule has 21 heavy (non-hydrogen) atoms.